The third-order valence-corrected chi connectivity index (χ3v) is 5.11. The summed E-state index contributed by atoms with van der Waals surface area (Å²) in [6.07, 6.45) is 1.44. The number of para-hydroxylation sites is 1. The van der Waals surface area contributed by atoms with Gasteiger partial charge < -0.3 is 0 Å². The van der Waals surface area contributed by atoms with Crippen LogP contribution in [0.25, 0.3) is 21.5 Å². The molecule has 0 fully saturated rings. The van der Waals surface area contributed by atoms with Crippen molar-refractivity contribution in [1.29, 1.82) is 0 Å². The summed E-state index contributed by atoms with van der Waals surface area (Å²) in [5.41, 5.74) is 5.07. The highest BCUT2D eigenvalue weighted by Gasteiger charge is 2.14. The lowest BCUT2D eigenvalue weighted by Gasteiger charge is -2.07. The molecule has 0 aliphatic rings. The Hall–Kier alpha value is -3.91. The van der Waals surface area contributed by atoms with E-state index >= 15 is 0 Å². The Bertz CT molecular complexity index is 1220. The number of pyridine rings is 1. The van der Waals surface area contributed by atoms with Crippen molar-refractivity contribution in [3.05, 3.63) is 93.4 Å². The van der Waals surface area contributed by atoms with Crippen LogP contribution in [-0.2, 0) is 0 Å². The summed E-state index contributed by atoms with van der Waals surface area (Å²) < 4.78 is 0. The summed E-state index contributed by atoms with van der Waals surface area (Å²) in [6.45, 7) is 0. The van der Waals surface area contributed by atoms with Crippen LogP contribution in [0.15, 0.2) is 77.2 Å². The number of nitro groups is 1. The Morgan fingerprint density at radius 2 is 1.90 bits per heavy atom. The smallest absolute Gasteiger partial charge is 0.267 e. The minimum atomic E-state index is -0.470. The lowest BCUT2D eigenvalue weighted by Crippen LogP contribution is -2.18. The average Bonchev–Trinajstić information content (AvgIpc) is 3.28. The number of nitrogens with zero attached hydrogens (tertiary/aromatic N) is 3. The Kier molecular flexibility index (Phi) is 5.08. The van der Waals surface area contributed by atoms with Gasteiger partial charge in [0, 0.05) is 17.5 Å². The summed E-state index contributed by atoms with van der Waals surface area (Å²) >= 11 is 1.55. The van der Waals surface area contributed by atoms with Crippen molar-refractivity contribution in [2.75, 3.05) is 0 Å². The molecule has 0 saturated heterocycles. The Labute approximate surface area is 169 Å². The number of thiophene rings is 1. The van der Waals surface area contributed by atoms with E-state index in [-0.39, 0.29) is 11.6 Å². The van der Waals surface area contributed by atoms with E-state index in [9.17, 15) is 14.9 Å². The Balaban J connectivity index is 1.60. The summed E-state index contributed by atoms with van der Waals surface area (Å²) in [5.74, 6) is -0.362. The van der Waals surface area contributed by atoms with Gasteiger partial charge in [0.2, 0.25) is 0 Å². The minimum absolute atomic E-state index is 0.00412. The maximum Gasteiger partial charge on any atom is 0.272 e. The molecule has 2 aromatic heterocycles. The summed E-state index contributed by atoms with van der Waals surface area (Å²) in [5, 5.41) is 17.4. The van der Waals surface area contributed by atoms with Gasteiger partial charge in [-0.15, -0.1) is 11.3 Å². The van der Waals surface area contributed by atoms with E-state index in [1.54, 1.807) is 29.5 Å². The van der Waals surface area contributed by atoms with Crippen LogP contribution in [0.4, 0.5) is 5.69 Å². The fourth-order valence-corrected chi connectivity index (χ4v) is 3.51. The fraction of sp³-hybridized carbons (Fsp3) is 0. The van der Waals surface area contributed by atoms with Crippen LogP contribution in [-0.4, -0.2) is 22.0 Å². The first-order valence-corrected chi connectivity index (χ1v) is 9.51. The van der Waals surface area contributed by atoms with E-state index in [1.807, 2.05) is 41.8 Å². The largest absolute Gasteiger partial charge is 0.272 e. The second kappa shape index (κ2) is 7.99. The first-order chi connectivity index (χ1) is 14.1. The number of hydrazone groups is 1. The zero-order valence-corrected chi connectivity index (χ0v) is 15.8. The fourth-order valence-electron chi connectivity index (χ4n) is 2.82. The number of carbonyl (C=O) groups is 1. The molecule has 0 saturated carbocycles. The van der Waals surface area contributed by atoms with E-state index in [2.05, 4.69) is 15.5 Å². The number of nitro benzene ring substituents is 1. The van der Waals surface area contributed by atoms with E-state index < -0.39 is 4.92 Å². The third kappa shape index (κ3) is 4.02. The highest BCUT2D eigenvalue weighted by atomic mass is 32.1. The number of rotatable bonds is 5. The van der Waals surface area contributed by atoms with Gasteiger partial charge >= 0.3 is 0 Å². The number of hydrogen-bond acceptors (Lipinski definition) is 6. The SMILES string of the molecule is O=C(NN=Cc1ccc([N+](=O)[O-])cc1)c1cc(-c2cccs2)nc2ccccc12. The molecule has 0 aliphatic carbocycles. The molecule has 0 radical (unpaired) electrons. The summed E-state index contributed by atoms with van der Waals surface area (Å²) in [4.78, 5) is 28.6. The van der Waals surface area contributed by atoms with E-state index in [4.69, 9.17) is 0 Å². The molecule has 1 N–H and O–H groups in total. The second-order valence-electron chi connectivity index (χ2n) is 6.10. The number of hydrogen-bond donors (Lipinski definition) is 1. The maximum atomic E-state index is 12.8. The molecular weight excluding hydrogens is 388 g/mol. The zero-order chi connectivity index (χ0) is 20.2. The molecule has 7 nitrogen and oxygen atoms in total. The highest BCUT2D eigenvalue weighted by molar-refractivity contribution is 7.13. The molecule has 0 bridgehead atoms. The average molecular weight is 402 g/mol. The molecule has 4 aromatic rings. The molecule has 29 heavy (non-hydrogen) atoms. The quantitative estimate of drug-likeness (QED) is 0.299. The van der Waals surface area contributed by atoms with Crippen molar-refractivity contribution in [1.82, 2.24) is 10.4 Å². The molecule has 4 rings (SSSR count). The van der Waals surface area contributed by atoms with Crippen LogP contribution in [0.5, 0.6) is 0 Å². The third-order valence-electron chi connectivity index (χ3n) is 4.22. The number of benzene rings is 2. The van der Waals surface area contributed by atoms with Crippen LogP contribution in [0.1, 0.15) is 15.9 Å². The number of non-ortho nitro benzene ring substituents is 1. The van der Waals surface area contributed by atoms with Crippen molar-refractivity contribution in [2.45, 2.75) is 0 Å². The van der Waals surface area contributed by atoms with Crippen molar-refractivity contribution in [3.8, 4) is 10.6 Å². The van der Waals surface area contributed by atoms with E-state index in [0.717, 1.165) is 21.5 Å². The molecule has 0 spiro atoms. The predicted molar refractivity (Wildman–Crippen MR) is 113 cm³/mol. The van der Waals surface area contributed by atoms with Crippen molar-refractivity contribution in [2.24, 2.45) is 5.10 Å². The first kappa shape index (κ1) is 18.5. The van der Waals surface area contributed by atoms with Gasteiger partial charge in [0.1, 0.15) is 0 Å². The van der Waals surface area contributed by atoms with Gasteiger partial charge in [0.15, 0.2) is 0 Å². The number of aromatic nitrogens is 1. The van der Waals surface area contributed by atoms with Crippen molar-refractivity contribution in [3.63, 3.8) is 0 Å². The van der Waals surface area contributed by atoms with Crippen LogP contribution in [0.2, 0.25) is 0 Å². The number of nitrogens with one attached hydrogen (secondary N) is 1. The zero-order valence-electron chi connectivity index (χ0n) is 15.0. The molecule has 142 valence electrons. The van der Waals surface area contributed by atoms with E-state index in [1.165, 1.54) is 18.3 Å². The summed E-state index contributed by atoms with van der Waals surface area (Å²) in [7, 11) is 0. The van der Waals surface area contributed by atoms with Crippen LogP contribution in [0, 0.1) is 10.1 Å². The van der Waals surface area contributed by atoms with Gasteiger partial charge in [0.05, 0.1) is 32.8 Å². The molecule has 0 aliphatic heterocycles. The minimum Gasteiger partial charge on any atom is -0.267 e. The Morgan fingerprint density at radius 3 is 2.62 bits per heavy atom. The molecular formula is C21H14N4O3S. The van der Waals surface area contributed by atoms with Crippen molar-refractivity contribution < 1.29 is 9.72 Å². The van der Waals surface area contributed by atoms with E-state index in [0.29, 0.717) is 11.1 Å². The molecule has 0 atom stereocenters. The predicted octanol–water partition coefficient (Wildman–Crippen LogP) is 4.64. The normalized spacial score (nSPS) is 11.0. The molecule has 2 heterocycles. The molecule has 2 aromatic carbocycles. The second-order valence-corrected chi connectivity index (χ2v) is 7.04. The Morgan fingerprint density at radius 1 is 1.10 bits per heavy atom. The van der Waals surface area contributed by atoms with Gasteiger partial charge in [-0.1, -0.05) is 24.3 Å². The standard InChI is InChI=1S/C21H14N4O3S/c26-21(24-22-13-14-7-9-15(10-8-14)25(27)28)17-12-19(20-6-3-11-29-20)23-18-5-2-1-4-16(17)18/h1-13H,(H,24,26). The summed E-state index contributed by atoms with van der Waals surface area (Å²) in [6, 6.07) is 19.0. The van der Waals surface area contributed by atoms with Gasteiger partial charge in [-0.3, -0.25) is 14.9 Å². The van der Waals surface area contributed by atoms with Crippen molar-refractivity contribution >= 4 is 40.0 Å². The monoisotopic (exact) mass is 402 g/mol. The number of fused-ring (bicyclic) bond motifs is 1. The lowest BCUT2D eigenvalue weighted by atomic mass is 10.1. The lowest BCUT2D eigenvalue weighted by molar-refractivity contribution is -0.384. The topological polar surface area (TPSA) is 97.5 Å². The van der Waals surface area contributed by atoms with Gasteiger partial charge in [-0.2, -0.15) is 5.10 Å². The van der Waals surface area contributed by atoms with Gasteiger partial charge in [-0.25, -0.2) is 10.4 Å². The highest BCUT2D eigenvalue weighted by Crippen LogP contribution is 2.27. The van der Waals surface area contributed by atoms with Crippen LogP contribution in [0.3, 0.4) is 0 Å². The maximum absolute atomic E-state index is 12.8. The van der Waals surface area contributed by atoms with Gasteiger partial charge in [0.25, 0.3) is 11.6 Å². The molecule has 0 unspecified atom stereocenters. The van der Waals surface area contributed by atoms with Crippen LogP contribution >= 0.6 is 11.3 Å². The first-order valence-electron chi connectivity index (χ1n) is 8.63. The number of carbonyl (C=O) groups excluding carboxylic acids is 1. The van der Waals surface area contributed by atoms with Crippen LogP contribution < -0.4 is 5.43 Å². The molecule has 8 heteroatoms. The number of amides is 1. The molecule has 1 amide bonds. The van der Waals surface area contributed by atoms with Gasteiger partial charge in [-0.05, 0) is 41.3 Å².